The molecule has 2 amide bonds. The fourth-order valence-electron chi connectivity index (χ4n) is 2.63. The topological polar surface area (TPSA) is 140 Å². The third kappa shape index (κ3) is 6.28. The van der Waals surface area contributed by atoms with E-state index < -0.39 is 16.7 Å². The highest BCUT2D eigenvalue weighted by atomic mass is 16.6. The monoisotopic (exact) mass is 429 g/mol. The highest BCUT2D eigenvalue weighted by Gasteiger charge is 2.21. The molecule has 0 aliphatic rings. The van der Waals surface area contributed by atoms with Crippen molar-refractivity contribution in [2.75, 3.05) is 27.4 Å². The van der Waals surface area contributed by atoms with E-state index in [1.54, 1.807) is 30.3 Å². The normalized spacial score (nSPS) is 10.9. The zero-order valence-electron chi connectivity index (χ0n) is 17.1. The fourth-order valence-corrected chi connectivity index (χ4v) is 2.63. The summed E-state index contributed by atoms with van der Waals surface area (Å²) < 4.78 is 10.3. The summed E-state index contributed by atoms with van der Waals surface area (Å²) in [6.45, 7) is 0.0265. The van der Waals surface area contributed by atoms with Crippen LogP contribution in [-0.2, 0) is 4.79 Å². The number of aliphatic hydroxyl groups is 1. The number of hydrogen-bond donors (Lipinski definition) is 3. The third-order valence-electron chi connectivity index (χ3n) is 4.18. The molecule has 0 radical (unpaired) electrons. The maximum Gasteiger partial charge on any atom is 0.280 e. The smallest absolute Gasteiger partial charge is 0.280 e. The number of nitro groups is 1. The van der Waals surface area contributed by atoms with Crippen molar-refractivity contribution in [2.45, 2.75) is 6.42 Å². The number of aliphatic hydroxyl groups excluding tert-OH is 1. The Morgan fingerprint density at radius 2 is 1.77 bits per heavy atom. The first kappa shape index (κ1) is 23.4. The van der Waals surface area contributed by atoms with Gasteiger partial charge >= 0.3 is 0 Å². The molecule has 0 bridgehead atoms. The van der Waals surface area contributed by atoms with E-state index in [1.165, 1.54) is 32.4 Å². The molecule has 0 saturated carbocycles. The maximum absolute atomic E-state index is 12.6. The largest absolute Gasteiger partial charge is 0.493 e. The van der Waals surface area contributed by atoms with Crippen LogP contribution >= 0.6 is 0 Å². The van der Waals surface area contributed by atoms with Gasteiger partial charge in [-0.25, -0.2) is 0 Å². The van der Waals surface area contributed by atoms with Crippen LogP contribution in [0.5, 0.6) is 11.5 Å². The van der Waals surface area contributed by atoms with E-state index in [-0.39, 0.29) is 41.6 Å². The van der Waals surface area contributed by atoms with E-state index in [0.29, 0.717) is 12.0 Å². The number of methoxy groups -OCH3 is 2. The molecule has 0 fully saturated rings. The van der Waals surface area contributed by atoms with Crippen LogP contribution in [-0.4, -0.2) is 49.2 Å². The molecule has 2 rings (SSSR count). The number of benzene rings is 2. The molecule has 3 N–H and O–H groups in total. The van der Waals surface area contributed by atoms with E-state index in [1.807, 2.05) is 0 Å². The lowest BCUT2D eigenvalue weighted by Gasteiger charge is -2.12. The van der Waals surface area contributed by atoms with Gasteiger partial charge in [-0.3, -0.25) is 19.7 Å². The minimum absolute atomic E-state index is 0.0309. The molecule has 10 nitrogen and oxygen atoms in total. The van der Waals surface area contributed by atoms with E-state index in [4.69, 9.17) is 14.6 Å². The number of nitrogens with one attached hydrogen (secondary N) is 2. The van der Waals surface area contributed by atoms with E-state index in [2.05, 4.69) is 10.6 Å². The fraction of sp³-hybridized carbons (Fsp3) is 0.238. The van der Waals surface area contributed by atoms with Crippen LogP contribution < -0.4 is 20.1 Å². The van der Waals surface area contributed by atoms with Crippen molar-refractivity contribution < 1.29 is 29.1 Å². The predicted molar refractivity (Wildman–Crippen MR) is 113 cm³/mol. The Hall–Kier alpha value is -3.92. The van der Waals surface area contributed by atoms with Crippen molar-refractivity contribution in [2.24, 2.45) is 0 Å². The Bertz CT molecular complexity index is 974. The van der Waals surface area contributed by atoms with Gasteiger partial charge in [-0.15, -0.1) is 0 Å². The van der Waals surface area contributed by atoms with Crippen LogP contribution in [0.2, 0.25) is 0 Å². The second-order valence-corrected chi connectivity index (χ2v) is 6.23. The number of hydrogen-bond acceptors (Lipinski definition) is 7. The van der Waals surface area contributed by atoms with Gasteiger partial charge in [0.15, 0.2) is 11.5 Å². The van der Waals surface area contributed by atoms with Crippen molar-refractivity contribution in [3.05, 3.63) is 69.4 Å². The van der Waals surface area contributed by atoms with E-state index >= 15 is 0 Å². The Labute approximate surface area is 178 Å². The standard InChI is InChI=1S/C21H23N3O7/c1-30-18-12-15(17(24(28)29)13-19(18)31-2)11-16(21(27)22-9-6-10-25)23-20(26)14-7-4-3-5-8-14/h3-5,7-8,11-13,25H,6,9-10H2,1-2H3,(H,22,27)(H,23,26)/b16-11-. The maximum atomic E-state index is 12.6. The predicted octanol–water partition coefficient (Wildman–Crippen LogP) is 1.88. The summed E-state index contributed by atoms with van der Waals surface area (Å²) in [7, 11) is 2.72. The first-order valence-corrected chi connectivity index (χ1v) is 9.28. The number of ether oxygens (including phenoxy) is 2. The van der Waals surface area contributed by atoms with Crippen molar-refractivity contribution in [1.82, 2.24) is 10.6 Å². The third-order valence-corrected chi connectivity index (χ3v) is 4.18. The number of carbonyl (C=O) groups is 2. The lowest BCUT2D eigenvalue weighted by molar-refractivity contribution is -0.385. The van der Waals surface area contributed by atoms with Crippen molar-refractivity contribution >= 4 is 23.6 Å². The molecule has 0 spiro atoms. The highest BCUT2D eigenvalue weighted by molar-refractivity contribution is 6.05. The lowest BCUT2D eigenvalue weighted by atomic mass is 10.1. The SMILES string of the molecule is COc1cc(/C=C(\NC(=O)c2ccccc2)C(=O)NCCCO)c([N+](=O)[O-])cc1OC. The molecule has 0 saturated heterocycles. The van der Waals surface area contributed by atoms with Crippen LogP contribution in [0.3, 0.4) is 0 Å². The zero-order valence-corrected chi connectivity index (χ0v) is 17.1. The quantitative estimate of drug-likeness (QED) is 0.227. The molecule has 0 aliphatic heterocycles. The summed E-state index contributed by atoms with van der Waals surface area (Å²) >= 11 is 0. The Kier molecular flexibility index (Phi) is 8.52. The molecule has 0 unspecified atom stereocenters. The van der Waals surface area contributed by atoms with Crippen molar-refractivity contribution in [3.8, 4) is 11.5 Å². The Morgan fingerprint density at radius 1 is 1.13 bits per heavy atom. The first-order valence-electron chi connectivity index (χ1n) is 9.28. The molecule has 0 atom stereocenters. The summed E-state index contributed by atoms with van der Waals surface area (Å²) in [5.41, 5.74) is -0.212. The molecule has 2 aromatic rings. The number of nitro benzene ring substituents is 1. The highest BCUT2D eigenvalue weighted by Crippen LogP contribution is 2.35. The first-order chi connectivity index (χ1) is 14.9. The van der Waals surface area contributed by atoms with Gasteiger partial charge in [-0.2, -0.15) is 0 Å². The van der Waals surface area contributed by atoms with Crippen molar-refractivity contribution in [1.29, 1.82) is 0 Å². The molecular weight excluding hydrogens is 406 g/mol. The van der Waals surface area contributed by atoms with Gasteiger partial charge in [-0.1, -0.05) is 18.2 Å². The van der Waals surface area contributed by atoms with E-state index in [0.717, 1.165) is 0 Å². The summed E-state index contributed by atoms with van der Waals surface area (Å²) in [6.07, 6.45) is 1.50. The zero-order chi connectivity index (χ0) is 22.8. The summed E-state index contributed by atoms with van der Waals surface area (Å²) in [6, 6.07) is 10.7. The second kappa shape index (κ2) is 11.3. The molecule has 10 heteroatoms. The number of nitrogens with zero attached hydrogens (tertiary/aromatic N) is 1. The summed E-state index contributed by atoms with van der Waals surface area (Å²) in [5, 5.41) is 25.5. The van der Waals surface area contributed by atoms with Crippen LogP contribution in [0.1, 0.15) is 22.3 Å². The molecule has 0 aliphatic carbocycles. The Morgan fingerprint density at radius 3 is 2.35 bits per heavy atom. The van der Waals surface area contributed by atoms with Crippen LogP contribution in [0.15, 0.2) is 48.2 Å². The van der Waals surface area contributed by atoms with Gasteiger partial charge in [0.2, 0.25) is 0 Å². The average Bonchev–Trinajstić information content (AvgIpc) is 2.78. The molecule has 0 heterocycles. The van der Waals surface area contributed by atoms with Crippen LogP contribution in [0.25, 0.3) is 6.08 Å². The van der Waals surface area contributed by atoms with Gasteiger partial charge in [0, 0.05) is 18.7 Å². The minimum Gasteiger partial charge on any atom is -0.493 e. The lowest BCUT2D eigenvalue weighted by Crippen LogP contribution is -2.35. The molecule has 164 valence electrons. The van der Waals surface area contributed by atoms with Gasteiger partial charge < -0.3 is 25.2 Å². The van der Waals surface area contributed by atoms with Gasteiger partial charge in [0.1, 0.15) is 5.70 Å². The Balaban J connectivity index is 2.50. The van der Waals surface area contributed by atoms with Gasteiger partial charge in [-0.05, 0) is 30.7 Å². The van der Waals surface area contributed by atoms with Crippen LogP contribution in [0.4, 0.5) is 5.69 Å². The summed E-state index contributed by atoms with van der Waals surface area (Å²) in [4.78, 5) is 36.1. The van der Waals surface area contributed by atoms with Crippen LogP contribution in [0, 0.1) is 10.1 Å². The average molecular weight is 429 g/mol. The molecule has 2 aromatic carbocycles. The van der Waals surface area contributed by atoms with E-state index in [9.17, 15) is 19.7 Å². The molecular formula is C21H23N3O7. The van der Waals surface area contributed by atoms with Gasteiger partial charge in [0.25, 0.3) is 17.5 Å². The number of amides is 2. The molecule has 31 heavy (non-hydrogen) atoms. The van der Waals surface area contributed by atoms with Crippen molar-refractivity contribution in [3.63, 3.8) is 0 Å². The number of carbonyl (C=O) groups excluding carboxylic acids is 2. The van der Waals surface area contributed by atoms with Gasteiger partial charge in [0.05, 0.1) is 30.8 Å². The molecule has 0 aromatic heterocycles. The summed E-state index contributed by atoms with van der Waals surface area (Å²) in [5.74, 6) is -0.864. The minimum atomic E-state index is -0.665. The number of rotatable bonds is 10. The second-order valence-electron chi connectivity index (χ2n) is 6.23.